The molecule has 4 heterocycles. The molecule has 0 radical (unpaired) electrons. The Morgan fingerprint density at radius 1 is 1.20 bits per heavy atom. The van der Waals surface area contributed by atoms with E-state index in [1.807, 2.05) is 64.0 Å². The molecule has 1 N–H and O–H groups in total. The molecule has 0 aliphatic carbocycles. The molecule has 9 heteroatoms. The summed E-state index contributed by atoms with van der Waals surface area (Å²) in [4.78, 5) is 31.7. The van der Waals surface area contributed by atoms with E-state index >= 15 is 0 Å². The van der Waals surface area contributed by atoms with E-state index < -0.39 is 0 Å². The first-order valence-corrected chi connectivity index (χ1v) is 12.1. The molecule has 35 heavy (non-hydrogen) atoms. The maximum absolute atomic E-state index is 13.6. The van der Waals surface area contributed by atoms with Crippen molar-refractivity contribution >= 4 is 17.3 Å². The molecular weight excluding hydrogens is 442 g/mol. The highest BCUT2D eigenvalue weighted by Gasteiger charge is 2.35. The molecule has 3 aromatic heterocycles. The van der Waals surface area contributed by atoms with Crippen molar-refractivity contribution in [3.8, 4) is 11.4 Å². The molecule has 3 aromatic rings. The molecule has 0 unspecified atom stereocenters. The summed E-state index contributed by atoms with van der Waals surface area (Å²) < 4.78 is 7.66. The number of pyridine rings is 2. The zero-order valence-corrected chi connectivity index (χ0v) is 21.4. The Kier molecular flexibility index (Phi) is 7.35. The molecule has 186 valence electrons. The molecule has 0 amide bonds. The molecule has 9 nitrogen and oxygen atoms in total. The highest BCUT2D eigenvalue weighted by atomic mass is 16.5. The van der Waals surface area contributed by atoms with E-state index in [2.05, 4.69) is 20.2 Å². The van der Waals surface area contributed by atoms with E-state index in [1.54, 1.807) is 24.0 Å². The Morgan fingerprint density at radius 2 is 2.00 bits per heavy atom. The van der Waals surface area contributed by atoms with Gasteiger partial charge in [0.25, 0.3) is 5.56 Å². The van der Waals surface area contributed by atoms with Crippen LogP contribution in [0.15, 0.2) is 41.5 Å². The molecule has 0 aromatic carbocycles. The Hall–Kier alpha value is -3.46. The SMILES string of the molecule is CCO[C@@H]1CN(c2ccccn2)C[C@H]1Nc1c(CC)nc(-c2cnc(N(C)C)cc2C)n(C)c1=O. The van der Waals surface area contributed by atoms with Crippen molar-refractivity contribution in [2.24, 2.45) is 7.05 Å². The largest absolute Gasteiger partial charge is 0.374 e. The Morgan fingerprint density at radius 3 is 2.63 bits per heavy atom. The van der Waals surface area contributed by atoms with Gasteiger partial charge in [0, 0.05) is 58.8 Å². The lowest BCUT2D eigenvalue weighted by atomic mass is 10.1. The highest BCUT2D eigenvalue weighted by Crippen LogP contribution is 2.26. The summed E-state index contributed by atoms with van der Waals surface area (Å²) in [6.45, 7) is 8.02. The van der Waals surface area contributed by atoms with E-state index in [1.165, 1.54) is 0 Å². The molecular formula is C26H35N7O2. The minimum atomic E-state index is -0.102. The number of nitrogens with zero attached hydrogens (tertiary/aromatic N) is 6. The summed E-state index contributed by atoms with van der Waals surface area (Å²) >= 11 is 0. The number of aryl methyl sites for hydroxylation is 2. The van der Waals surface area contributed by atoms with E-state index in [0.29, 0.717) is 37.6 Å². The monoisotopic (exact) mass is 477 g/mol. The minimum absolute atomic E-state index is 0.0645. The smallest absolute Gasteiger partial charge is 0.277 e. The summed E-state index contributed by atoms with van der Waals surface area (Å²) in [6, 6.07) is 7.83. The van der Waals surface area contributed by atoms with Crippen LogP contribution in [-0.2, 0) is 18.2 Å². The first-order valence-electron chi connectivity index (χ1n) is 12.1. The van der Waals surface area contributed by atoms with E-state index in [4.69, 9.17) is 9.72 Å². The standard InChI is InChI=1S/C26H35N7O2/c1-7-19-24(29-20-15-33(16-21(20)35-8-2)22-11-9-10-12-27-22)26(34)32(6)25(30-19)18-14-28-23(31(4)5)13-17(18)3/h9-14,20-21,29H,7-8,15-16H2,1-6H3/t20-,21-/m1/s1. The molecule has 1 aliphatic rings. The van der Waals surface area contributed by atoms with Crippen molar-refractivity contribution in [3.63, 3.8) is 0 Å². The van der Waals surface area contributed by atoms with Gasteiger partial charge in [0.15, 0.2) is 0 Å². The lowest BCUT2D eigenvalue weighted by Gasteiger charge is -2.23. The lowest BCUT2D eigenvalue weighted by molar-refractivity contribution is 0.0719. The predicted octanol–water partition coefficient (Wildman–Crippen LogP) is 2.88. The summed E-state index contributed by atoms with van der Waals surface area (Å²) in [5.74, 6) is 2.39. The van der Waals surface area contributed by atoms with Gasteiger partial charge in [-0.2, -0.15) is 0 Å². The molecule has 0 bridgehead atoms. The van der Waals surface area contributed by atoms with Crippen LogP contribution in [0.4, 0.5) is 17.3 Å². The third-order valence-electron chi connectivity index (χ3n) is 6.45. The zero-order chi connectivity index (χ0) is 25.1. The van der Waals surface area contributed by atoms with Crippen LogP contribution >= 0.6 is 0 Å². The van der Waals surface area contributed by atoms with Gasteiger partial charge >= 0.3 is 0 Å². The van der Waals surface area contributed by atoms with Crippen molar-refractivity contribution in [1.82, 2.24) is 19.5 Å². The van der Waals surface area contributed by atoms with Crippen molar-refractivity contribution in [3.05, 3.63) is 58.3 Å². The molecule has 2 atom stereocenters. The van der Waals surface area contributed by atoms with Crippen molar-refractivity contribution in [2.75, 3.05) is 48.9 Å². The second-order valence-electron chi connectivity index (χ2n) is 9.06. The third kappa shape index (κ3) is 5.00. The molecule has 0 spiro atoms. The topological polar surface area (TPSA) is 88.4 Å². The summed E-state index contributed by atoms with van der Waals surface area (Å²) in [5.41, 5.74) is 3.05. The number of nitrogens with one attached hydrogen (secondary N) is 1. The molecule has 1 saturated heterocycles. The van der Waals surface area contributed by atoms with Crippen molar-refractivity contribution in [1.29, 1.82) is 0 Å². The van der Waals surface area contributed by atoms with Crippen LogP contribution in [0.25, 0.3) is 11.4 Å². The van der Waals surface area contributed by atoms with Crippen LogP contribution in [0.5, 0.6) is 0 Å². The Balaban J connectivity index is 1.68. The van der Waals surface area contributed by atoms with E-state index in [9.17, 15) is 4.79 Å². The average molecular weight is 478 g/mol. The molecule has 4 rings (SSSR count). The maximum atomic E-state index is 13.6. The van der Waals surface area contributed by atoms with Gasteiger partial charge in [-0.15, -0.1) is 0 Å². The highest BCUT2D eigenvalue weighted by molar-refractivity contribution is 5.64. The fourth-order valence-corrected chi connectivity index (χ4v) is 4.52. The first-order chi connectivity index (χ1) is 16.8. The van der Waals surface area contributed by atoms with Gasteiger partial charge in [-0.1, -0.05) is 13.0 Å². The van der Waals surface area contributed by atoms with E-state index in [-0.39, 0.29) is 17.7 Å². The molecule has 1 aliphatic heterocycles. The number of rotatable bonds is 8. The predicted molar refractivity (Wildman–Crippen MR) is 140 cm³/mol. The fourth-order valence-electron chi connectivity index (χ4n) is 4.52. The fraction of sp³-hybridized carbons (Fsp3) is 0.462. The van der Waals surface area contributed by atoms with Gasteiger partial charge in [0.1, 0.15) is 23.1 Å². The van der Waals surface area contributed by atoms with Gasteiger partial charge in [0.05, 0.1) is 17.8 Å². The summed E-state index contributed by atoms with van der Waals surface area (Å²) in [7, 11) is 5.68. The maximum Gasteiger partial charge on any atom is 0.277 e. The van der Waals surface area contributed by atoms with Crippen LogP contribution in [0, 0.1) is 6.92 Å². The minimum Gasteiger partial charge on any atom is -0.374 e. The van der Waals surface area contributed by atoms with Crippen LogP contribution in [-0.4, -0.2) is 65.5 Å². The van der Waals surface area contributed by atoms with Gasteiger partial charge < -0.3 is 19.9 Å². The Bertz CT molecular complexity index is 1230. The second-order valence-corrected chi connectivity index (χ2v) is 9.06. The van der Waals surface area contributed by atoms with Gasteiger partial charge in [-0.05, 0) is 44.0 Å². The quantitative estimate of drug-likeness (QED) is 0.530. The van der Waals surface area contributed by atoms with Crippen LogP contribution in [0.3, 0.4) is 0 Å². The van der Waals surface area contributed by atoms with E-state index in [0.717, 1.165) is 28.5 Å². The third-order valence-corrected chi connectivity index (χ3v) is 6.45. The molecule has 1 fully saturated rings. The number of aromatic nitrogens is 4. The van der Waals surface area contributed by atoms with Gasteiger partial charge in [-0.3, -0.25) is 9.36 Å². The zero-order valence-electron chi connectivity index (χ0n) is 21.4. The number of hydrogen-bond donors (Lipinski definition) is 1. The first kappa shape index (κ1) is 24.7. The normalized spacial score (nSPS) is 17.6. The summed E-state index contributed by atoms with van der Waals surface area (Å²) in [5, 5.41) is 3.51. The van der Waals surface area contributed by atoms with Crippen molar-refractivity contribution < 1.29 is 4.74 Å². The molecule has 0 saturated carbocycles. The van der Waals surface area contributed by atoms with Crippen molar-refractivity contribution in [2.45, 2.75) is 39.3 Å². The van der Waals surface area contributed by atoms with Gasteiger partial charge in [-0.25, -0.2) is 15.0 Å². The van der Waals surface area contributed by atoms with Crippen LogP contribution in [0.1, 0.15) is 25.1 Å². The average Bonchev–Trinajstić information content (AvgIpc) is 3.25. The lowest BCUT2D eigenvalue weighted by Crippen LogP contribution is -2.38. The number of hydrogen-bond acceptors (Lipinski definition) is 8. The summed E-state index contributed by atoms with van der Waals surface area (Å²) in [6.07, 6.45) is 4.15. The number of anilines is 3. The number of ether oxygens (including phenoxy) is 1. The van der Waals surface area contributed by atoms with Crippen LogP contribution < -0.4 is 20.7 Å². The Labute approximate surface area is 206 Å². The second kappa shape index (κ2) is 10.4. The van der Waals surface area contributed by atoms with Gasteiger partial charge in [0.2, 0.25) is 0 Å². The van der Waals surface area contributed by atoms with Crippen LogP contribution in [0.2, 0.25) is 0 Å².